The van der Waals surface area contributed by atoms with E-state index in [2.05, 4.69) is 47.7 Å². The molecule has 0 radical (unpaired) electrons. The maximum atomic E-state index is 11.9. The highest BCUT2D eigenvalue weighted by Crippen LogP contribution is 2.33. The molecule has 21 heavy (non-hydrogen) atoms. The molecule has 3 nitrogen and oxygen atoms in total. The molecule has 1 aromatic heterocycles. The van der Waals surface area contributed by atoms with Gasteiger partial charge >= 0.3 is 0 Å². The standard InChI is InChI=1S/C17H18N2OS/c1-3-13-4-6-14(7-5-13)17-10-16(15-8-9-21-11-15)18-19(17)12(2)20/h4-9,11,17H,3,10H2,1-2H3/t17-/m1/s1. The number of carbonyl (C=O) groups excluding carboxylic acids is 1. The number of nitrogens with zero attached hydrogens (tertiary/aromatic N) is 2. The Bertz CT molecular complexity index is 659. The normalized spacial score (nSPS) is 17.9. The van der Waals surface area contributed by atoms with Gasteiger partial charge in [0.15, 0.2) is 0 Å². The molecule has 2 heterocycles. The van der Waals surface area contributed by atoms with Gasteiger partial charge in [-0.2, -0.15) is 16.4 Å². The number of hydrogen-bond donors (Lipinski definition) is 0. The minimum absolute atomic E-state index is 0.00945. The summed E-state index contributed by atoms with van der Waals surface area (Å²) in [4.78, 5) is 11.9. The Hall–Kier alpha value is -1.94. The van der Waals surface area contributed by atoms with Crippen molar-refractivity contribution in [2.45, 2.75) is 32.7 Å². The van der Waals surface area contributed by atoms with Crippen LogP contribution in [0.4, 0.5) is 0 Å². The highest BCUT2D eigenvalue weighted by atomic mass is 32.1. The Balaban J connectivity index is 1.90. The molecule has 4 heteroatoms. The molecular weight excluding hydrogens is 280 g/mol. The van der Waals surface area contributed by atoms with Gasteiger partial charge in [0.1, 0.15) is 0 Å². The Labute approximate surface area is 128 Å². The van der Waals surface area contributed by atoms with Crippen molar-refractivity contribution in [3.63, 3.8) is 0 Å². The van der Waals surface area contributed by atoms with Crippen LogP contribution in [0.2, 0.25) is 0 Å². The smallest absolute Gasteiger partial charge is 0.240 e. The summed E-state index contributed by atoms with van der Waals surface area (Å²) in [6.45, 7) is 3.72. The zero-order valence-electron chi connectivity index (χ0n) is 12.2. The van der Waals surface area contributed by atoms with Crippen molar-refractivity contribution in [1.29, 1.82) is 0 Å². The van der Waals surface area contributed by atoms with Crippen LogP contribution in [0.3, 0.4) is 0 Å². The van der Waals surface area contributed by atoms with Crippen LogP contribution in [0.25, 0.3) is 0 Å². The number of aryl methyl sites for hydroxylation is 1. The summed E-state index contributed by atoms with van der Waals surface area (Å²) >= 11 is 1.65. The number of hydrogen-bond acceptors (Lipinski definition) is 3. The molecule has 0 saturated heterocycles. The molecule has 0 aliphatic carbocycles. The van der Waals surface area contributed by atoms with Crippen molar-refractivity contribution in [2.75, 3.05) is 0 Å². The number of carbonyl (C=O) groups is 1. The van der Waals surface area contributed by atoms with Gasteiger partial charge in [0, 0.05) is 18.9 Å². The number of rotatable bonds is 3. The third-order valence-corrected chi connectivity index (χ3v) is 4.54. The molecule has 0 N–H and O–H groups in total. The highest BCUT2D eigenvalue weighted by molar-refractivity contribution is 7.08. The average Bonchev–Trinajstić information content (AvgIpc) is 3.16. The molecule has 0 bridgehead atoms. The minimum Gasteiger partial charge on any atom is -0.273 e. The van der Waals surface area contributed by atoms with Crippen LogP contribution in [-0.4, -0.2) is 16.6 Å². The van der Waals surface area contributed by atoms with Gasteiger partial charge in [-0.25, -0.2) is 5.01 Å². The van der Waals surface area contributed by atoms with Gasteiger partial charge in [-0.05, 0) is 34.4 Å². The number of benzene rings is 1. The SMILES string of the molecule is CCc1ccc([C@H]2CC(c3ccsc3)=NN2C(C)=O)cc1. The average molecular weight is 298 g/mol. The molecule has 2 aromatic rings. The summed E-state index contributed by atoms with van der Waals surface area (Å²) < 4.78 is 0. The second-order valence-corrected chi connectivity index (χ2v) is 6.02. The Morgan fingerprint density at radius 3 is 2.67 bits per heavy atom. The predicted octanol–water partition coefficient (Wildman–Crippen LogP) is 4.01. The van der Waals surface area contributed by atoms with E-state index in [1.165, 1.54) is 5.56 Å². The monoisotopic (exact) mass is 298 g/mol. The fourth-order valence-corrected chi connectivity index (χ4v) is 3.30. The first-order valence-electron chi connectivity index (χ1n) is 7.17. The van der Waals surface area contributed by atoms with Crippen molar-refractivity contribution in [3.05, 3.63) is 57.8 Å². The van der Waals surface area contributed by atoms with E-state index in [0.29, 0.717) is 0 Å². The first kappa shape index (κ1) is 14.0. The van der Waals surface area contributed by atoms with Crippen molar-refractivity contribution in [1.82, 2.24) is 5.01 Å². The Morgan fingerprint density at radius 2 is 2.10 bits per heavy atom. The van der Waals surface area contributed by atoms with Gasteiger partial charge in [-0.1, -0.05) is 31.2 Å². The summed E-state index contributed by atoms with van der Waals surface area (Å²) in [5.74, 6) is -0.00945. The summed E-state index contributed by atoms with van der Waals surface area (Å²) in [7, 11) is 0. The van der Waals surface area contributed by atoms with Crippen molar-refractivity contribution < 1.29 is 4.79 Å². The van der Waals surface area contributed by atoms with Crippen LogP contribution in [0.5, 0.6) is 0 Å². The molecular formula is C17H18N2OS. The van der Waals surface area contributed by atoms with E-state index in [0.717, 1.165) is 29.7 Å². The first-order chi connectivity index (χ1) is 10.2. The molecule has 0 spiro atoms. The molecule has 0 fully saturated rings. The van der Waals surface area contributed by atoms with E-state index in [-0.39, 0.29) is 11.9 Å². The van der Waals surface area contributed by atoms with Crippen LogP contribution in [-0.2, 0) is 11.2 Å². The van der Waals surface area contributed by atoms with Crippen molar-refractivity contribution in [3.8, 4) is 0 Å². The van der Waals surface area contributed by atoms with Crippen LogP contribution >= 0.6 is 11.3 Å². The summed E-state index contributed by atoms with van der Waals surface area (Å²) in [6, 6.07) is 10.6. The third-order valence-electron chi connectivity index (χ3n) is 3.86. The fourth-order valence-electron chi connectivity index (χ4n) is 2.64. The summed E-state index contributed by atoms with van der Waals surface area (Å²) in [6.07, 6.45) is 1.81. The molecule has 0 unspecified atom stereocenters. The predicted molar refractivity (Wildman–Crippen MR) is 86.6 cm³/mol. The van der Waals surface area contributed by atoms with Gasteiger partial charge in [-0.15, -0.1) is 0 Å². The molecule has 3 rings (SSSR count). The lowest BCUT2D eigenvalue weighted by Gasteiger charge is -2.20. The Kier molecular flexibility index (Phi) is 3.88. The quantitative estimate of drug-likeness (QED) is 0.842. The second-order valence-electron chi connectivity index (χ2n) is 5.24. The van der Waals surface area contributed by atoms with Gasteiger partial charge in [0.2, 0.25) is 5.91 Å². The number of thiophene rings is 1. The zero-order valence-corrected chi connectivity index (χ0v) is 13.1. The van der Waals surface area contributed by atoms with Gasteiger partial charge in [-0.3, -0.25) is 4.79 Å². The largest absolute Gasteiger partial charge is 0.273 e. The zero-order chi connectivity index (χ0) is 14.8. The maximum Gasteiger partial charge on any atom is 0.240 e. The van der Waals surface area contributed by atoms with Crippen LogP contribution in [0.15, 0.2) is 46.2 Å². The second kappa shape index (κ2) is 5.82. The molecule has 0 saturated carbocycles. The van der Waals surface area contributed by atoms with Crippen LogP contribution < -0.4 is 0 Å². The lowest BCUT2D eigenvalue weighted by Crippen LogP contribution is -2.24. The van der Waals surface area contributed by atoms with E-state index < -0.39 is 0 Å². The molecule has 1 amide bonds. The maximum absolute atomic E-state index is 11.9. The Morgan fingerprint density at radius 1 is 1.33 bits per heavy atom. The third kappa shape index (κ3) is 2.76. The first-order valence-corrected chi connectivity index (χ1v) is 8.12. The summed E-state index contributed by atoms with van der Waals surface area (Å²) in [5.41, 5.74) is 4.58. The fraction of sp³-hybridized carbons (Fsp3) is 0.294. The molecule has 1 aliphatic heterocycles. The van der Waals surface area contributed by atoms with Crippen LogP contribution in [0.1, 0.15) is 43.0 Å². The molecule has 1 atom stereocenters. The molecule has 1 aliphatic rings. The van der Waals surface area contributed by atoms with Crippen LogP contribution in [0, 0.1) is 0 Å². The topological polar surface area (TPSA) is 32.7 Å². The van der Waals surface area contributed by atoms with Gasteiger partial charge in [0.05, 0.1) is 11.8 Å². The molecule has 108 valence electrons. The minimum atomic E-state index is -0.00945. The van der Waals surface area contributed by atoms with Gasteiger partial charge < -0.3 is 0 Å². The lowest BCUT2D eigenvalue weighted by atomic mass is 9.98. The van der Waals surface area contributed by atoms with Crippen molar-refractivity contribution in [2.24, 2.45) is 5.10 Å². The highest BCUT2D eigenvalue weighted by Gasteiger charge is 2.31. The van der Waals surface area contributed by atoms with E-state index in [4.69, 9.17) is 0 Å². The summed E-state index contributed by atoms with van der Waals surface area (Å²) in [5, 5.41) is 10.3. The van der Waals surface area contributed by atoms with E-state index >= 15 is 0 Å². The molecule has 1 aromatic carbocycles. The lowest BCUT2D eigenvalue weighted by molar-refractivity contribution is -0.130. The number of amides is 1. The van der Waals surface area contributed by atoms with E-state index in [9.17, 15) is 4.79 Å². The van der Waals surface area contributed by atoms with E-state index in [1.807, 2.05) is 5.38 Å². The number of hydrazone groups is 1. The van der Waals surface area contributed by atoms with Gasteiger partial charge in [0.25, 0.3) is 0 Å². The van der Waals surface area contributed by atoms with Crippen molar-refractivity contribution >= 4 is 23.0 Å². The van der Waals surface area contributed by atoms with E-state index in [1.54, 1.807) is 23.3 Å².